The first-order valence-electron chi connectivity index (χ1n) is 14.6. The Morgan fingerprint density at radius 2 is 1.80 bits per heavy atom. The van der Waals surface area contributed by atoms with Crippen LogP contribution < -0.4 is 4.74 Å². The number of fused-ring (bicyclic) bond motifs is 3. The van der Waals surface area contributed by atoms with Gasteiger partial charge in [0.2, 0.25) is 0 Å². The maximum Gasteiger partial charge on any atom is 0.352 e. The second kappa shape index (κ2) is 11.1. The lowest BCUT2D eigenvalue weighted by Gasteiger charge is -2.21. The highest BCUT2D eigenvalue weighted by atomic mass is 16.5. The normalized spacial score (nSPS) is 14.0. The monoisotopic (exact) mass is 550 g/mol. The number of nitrogens with zero attached hydrogens (tertiary/aromatic N) is 4. The summed E-state index contributed by atoms with van der Waals surface area (Å²) in [5.41, 5.74) is 7.99. The lowest BCUT2D eigenvalue weighted by Crippen LogP contribution is -2.23. The molecule has 6 rings (SSSR count). The molecule has 41 heavy (non-hydrogen) atoms. The van der Waals surface area contributed by atoms with E-state index >= 15 is 0 Å². The molecular weight excluding hydrogens is 512 g/mol. The summed E-state index contributed by atoms with van der Waals surface area (Å²) in [5, 5.41) is 18.8. The Labute approximate surface area is 241 Å². The highest BCUT2D eigenvalue weighted by Gasteiger charge is 2.29. The Hall–Kier alpha value is -4.10. The molecule has 0 amide bonds. The minimum absolute atomic E-state index is 0.406. The van der Waals surface area contributed by atoms with Crippen LogP contribution in [0.4, 0.5) is 0 Å². The van der Waals surface area contributed by atoms with Crippen LogP contribution in [0.2, 0.25) is 0 Å². The van der Waals surface area contributed by atoms with Crippen LogP contribution in [0.5, 0.6) is 5.75 Å². The number of ether oxygens (including phenoxy) is 1. The van der Waals surface area contributed by atoms with Crippen LogP contribution in [-0.4, -0.2) is 50.5 Å². The molecule has 212 valence electrons. The zero-order chi connectivity index (χ0) is 28.7. The van der Waals surface area contributed by atoms with Gasteiger partial charge in [-0.25, -0.2) is 4.79 Å². The third kappa shape index (κ3) is 4.78. The molecule has 0 radical (unpaired) electrons. The summed E-state index contributed by atoms with van der Waals surface area (Å²) >= 11 is 0. The quantitative estimate of drug-likeness (QED) is 0.231. The Balaban J connectivity index is 1.44. The molecule has 2 aromatic heterocycles. The van der Waals surface area contributed by atoms with Crippen molar-refractivity contribution >= 4 is 27.6 Å². The van der Waals surface area contributed by atoms with Gasteiger partial charge in [0, 0.05) is 47.7 Å². The molecule has 1 N–H and O–H groups in total. The molecule has 0 spiro atoms. The first kappa shape index (κ1) is 27.1. The van der Waals surface area contributed by atoms with Gasteiger partial charge in [-0.15, -0.1) is 0 Å². The summed E-state index contributed by atoms with van der Waals surface area (Å²) in [6, 6.07) is 18.6. The van der Waals surface area contributed by atoms with E-state index in [4.69, 9.17) is 9.84 Å². The van der Waals surface area contributed by atoms with Gasteiger partial charge >= 0.3 is 5.97 Å². The zero-order valence-corrected chi connectivity index (χ0v) is 24.4. The van der Waals surface area contributed by atoms with E-state index in [1.165, 1.54) is 5.69 Å². The molecule has 0 aliphatic carbocycles. The first-order chi connectivity index (χ1) is 19.9. The van der Waals surface area contributed by atoms with Crippen LogP contribution in [0.15, 0.2) is 54.6 Å². The predicted octanol–water partition coefficient (Wildman–Crippen LogP) is 6.61. The van der Waals surface area contributed by atoms with E-state index in [1.807, 2.05) is 36.0 Å². The van der Waals surface area contributed by atoms with E-state index in [1.54, 1.807) is 0 Å². The largest absolute Gasteiger partial charge is 0.493 e. The van der Waals surface area contributed by atoms with E-state index in [0.29, 0.717) is 31.7 Å². The van der Waals surface area contributed by atoms with Crippen LogP contribution in [0.25, 0.3) is 32.8 Å². The molecule has 5 aromatic rings. The number of aromatic carboxylic acids is 1. The topological polar surface area (TPSA) is 72.5 Å². The average Bonchev–Trinajstić information content (AvgIpc) is 3.44. The van der Waals surface area contributed by atoms with Gasteiger partial charge in [-0.1, -0.05) is 55.5 Å². The maximum atomic E-state index is 12.9. The Morgan fingerprint density at radius 3 is 2.61 bits per heavy atom. The van der Waals surface area contributed by atoms with Crippen LogP contribution in [0, 0.1) is 6.92 Å². The molecule has 0 fully saturated rings. The van der Waals surface area contributed by atoms with Gasteiger partial charge in [-0.05, 0) is 68.8 Å². The highest BCUT2D eigenvalue weighted by Crippen LogP contribution is 2.41. The highest BCUT2D eigenvalue weighted by molar-refractivity contribution is 6.05. The molecule has 1 aliphatic heterocycles. The minimum Gasteiger partial charge on any atom is -0.493 e. The molecule has 7 heteroatoms. The van der Waals surface area contributed by atoms with Gasteiger partial charge in [0.05, 0.1) is 17.8 Å². The van der Waals surface area contributed by atoms with Crippen LogP contribution >= 0.6 is 0 Å². The van der Waals surface area contributed by atoms with Crippen molar-refractivity contribution in [3.8, 4) is 16.9 Å². The van der Waals surface area contributed by atoms with Gasteiger partial charge < -0.3 is 19.3 Å². The molecule has 0 bridgehead atoms. The second-order valence-corrected chi connectivity index (χ2v) is 11.2. The fourth-order valence-corrected chi connectivity index (χ4v) is 6.67. The number of carboxylic acids is 1. The van der Waals surface area contributed by atoms with Crippen LogP contribution in [0.3, 0.4) is 0 Å². The lowest BCUT2D eigenvalue weighted by molar-refractivity contribution is 0.0684. The zero-order valence-electron chi connectivity index (χ0n) is 24.4. The van der Waals surface area contributed by atoms with Crippen molar-refractivity contribution in [2.75, 3.05) is 20.2 Å². The summed E-state index contributed by atoms with van der Waals surface area (Å²) in [6.07, 6.45) is 3.05. The fraction of sp³-hybridized carbons (Fsp3) is 0.353. The molecule has 3 heterocycles. The number of hydrogen-bond acceptors (Lipinski definition) is 4. The average molecular weight is 551 g/mol. The molecule has 0 saturated heterocycles. The van der Waals surface area contributed by atoms with Gasteiger partial charge in [0.15, 0.2) is 0 Å². The number of aryl methyl sites for hydroxylation is 4. The minimum atomic E-state index is -0.873. The number of aromatic nitrogens is 3. The van der Waals surface area contributed by atoms with E-state index in [2.05, 4.69) is 60.7 Å². The Morgan fingerprint density at radius 1 is 1.00 bits per heavy atom. The number of hydrogen-bond donors (Lipinski definition) is 1. The van der Waals surface area contributed by atoms with Crippen molar-refractivity contribution in [3.63, 3.8) is 0 Å². The maximum absolute atomic E-state index is 12.9. The van der Waals surface area contributed by atoms with Crippen molar-refractivity contribution in [1.82, 2.24) is 19.2 Å². The van der Waals surface area contributed by atoms with Gasteiger partial charge in [0.1, 0.15) is 11.4 Å². The standard InChI is InChI=1S/C34H38N4O3/c1-5-28-31-27(35-37(28)4)21-36(3)18-10-19-38-32-26(17-16-22(2)30(31)32)25(33(38)34(39)40)14-9-20-41-29-15-8-12-23-11-6-7-13-24(23)29/h6-8,11-13,15-17H,5,9-10,14,18-21H2,1-4H3,(H,39,40). The number of rotatable bonds is 7. The third-order valence-corrected chi connectivity index (χ3v) is 8.48. The van der Waals surface area contributed by atoms with Crippen LogP contribution in [-0.2, 0) is 33.0 Å². The van der Waals surface area contributed by atoms with Gasteiger partial charge in [-0.2, -0.15) is 5.10 Å². The number of carboxylic acid groups (broad SMARTS) is 1. The third-order valence-electron chi connectivity index (χ3n) is 8.48. The predicted molar refractivity (Wildman–Crippen MR) is 164 cm³/mol. The summed E-state index contributed by atoms with van der Waals surface area (Å²) in [4.78, 5) is 15.2. The fourth-order valence-electron chi connectivity index (χ4n) is 6.67. The molecule has 7 nitrogen and oxygen atoms in total. The molecule has 3 aromatic carbocycles. The van der Waals surface area contributed by atoms with Gasteiger partial charge in [0.25, 0.3) is 0 Å². The van der Waals surface area contributed by atoms with E-state index in [0.717, 1.165) is 81.3 Å². The SMILES string of the molecule is CCc1c2c(nn1C)CN(C)CCCn1c(C(=O)O)c(CCCOc3cccc4ccccc34)c3ccc(C)c-2c31. The number of benzene rings is 3. The van der Waals surface area contributed by atoms with Crippen molar-refractivity contribution in [2.45, 2.75) is 52.6 Å². The van der Waals surface area contributed by atoms with Crippen molar-refractivity contribution in [2.24, 2.45) is 7.05 Å². The first-order valence-corrected chi connectivity index (χ1v) is 14.6. The summed E-state index contributed by atoms with van der Waals surface area (Å²) in [5.74, 6) is -0.0112. The molecule has 1 aliphatic rings. The van der Waals surface area contributed by atoms with E-state index < -0.39 is 5.97 Å². The summed E-state index contributed by atoms with van der Waals surface area (Å²) in [7, 11) is 4.14. The van der Waals surface area contributed by atoms with Crippen molar-refractivity contribution in [1.29, 1.82) is 0 Å². The van der Waals surface area contributed by atoms with Gasteiger partial charge in [-0.3, -0.25) is 4.68 Å². The van der Waals surface area contributed by atoms with E-state index in [9.17, 15) is 9.90 Å². The van der Waals surface area contributed by atoms with Crippen LogP contribution in [0.1, 0.15) is 52.8 Å². The summed E-state index contributed by atoms with van der Waals surface area (Å²) in [6.45, 7) is 7.10. The molecular formula is C34H38N4O3. The Bertz CT molecular complexity index is 1760. The molecule has 0 saturated carbocycles. The number of carbonyl (C=O) groups is 1. The Kier molecular flexibility index (Phi) is 7.30. The lowest BCUT2D eigenvalue weighted by atomic mass is 9.93. The van der Waals surface area contributed by atoms with Crippen molar-refractivity contribution in [3.05, 3.63) is 82.8 Å². The molecule has 0 atom stereocenters. The smallest absolute Gasteiger partial charge is 0.352 e. The molecule has 0 unspecified atom stereocenters. The summed E-state index contributed by atoms with van der Waals surface area (Å²) < 4.78 is 10.3. The second-order valence-electron chi connectivity index (χ2n) is 11.2. The van der Waals surface area contributed by atoms with Crippen molar-refractivity contribution < 1.29 is 14.6 Å². The van der Waals surface area contributed by atoms with E-state index in [-0.39, 0.29) is 0 Å².